The average Bonchev–Trinajstić information content (AvgIpc) is 3.07. The van der Waals surface area contributed by atoms with Crippen LogP contribution in [-0.4, -0.2) is 68.3 Å². The maximum Gasteiger partial charge on any atom is 0.261 e. The third kappa shape index (κ3) is 6.59. The number of carbonyl (C=O) groups is 1. The van der Waals surface area contributed by atoms with E-state index in [1.54, 1.807) is 6.92 Å². The van der Waals surface area contributed by atoms with Crippen LogP contribution in [0.5, 0.6) is 0 Å². The molecule has 2 heterocycles. The van der Waals surface area contributed by atoms with Gasteiger partial charge >= 0.3 is 0 Å². The number of benzene rings is 4. The molecule has 0 bridgehead atoms. The summed E-state index contributed by atoms with van der Waals surface area (Å²) in [4.78, 5) is 33.3. The van der Waals surface area contributed by atoms with Gasteiger partial charge in [-0.1, -0.05) is 93.6 Å². The number of aryl methyl sites for hydroxylation is 1. The van der Waals surface area contributed by atoms with Crippen LogP contribution in [0.3, 0.4) is 0 Å². The number of H-pyrrole nitrogens is 1. The van der Waals surface area contributed by atoms with Gasteiger partial charge in [-0.15, -0.1) is 0 Å². The van der Waals surface area contributed by atoms with Gasteiger partial charge in [0.1, 0.15) is 5.82 Å². The van der Waals surface area contributed by atoms with Gasteiger partial charge in [0.25, 0.3) is 19.8 Å². The topological polar surface area (TPSA) is 65.6 Å². The number of fused-ring (bicyclic) bond motifs is 1. The highest BCUT2D eigenvalue weighted by Crippen LogP contribution is 2.36. The zero-order chi connectivity index (χ0) is 33.2. The lowest BCUT2D eigenvalue weighted by Gasteiger charge is -2.43. The number of amides is 1. The number of carbonyl (C=O) groups excluding carboxylic acids is 1. The Morgan fingerprint density at radius 2 is 1.43 bits per heavy atom. The van der Waals surface area contributed by atoms with Gasteiger partial charge in [0, 0.05) is 50.6 Å². The second-order valence-corrected chi connectivity index (χ2v) is 17.7. The van der Waals surface area contributed by atoms with Crippen LogP contribution in [0.25, 0.3) is 22.0 Å². The quantitative estimate of drug-likeness (QED) is 0.211. The molecular weight excluding hydrogens is 606 g/mol. The molecule has 1 amide bonds. The predicted octanol–water partition coefficient (Wildman–Crippen LogP) is 5.98. The molecule has 1 aliphatic rings. The molecule has 1 saturated heterocycles. The van der Waals surface area contributed by atoms with Crippen LogP contribution in [0, 0.1) is 12.7 Å². The summed E-state index contributed by atoms with van der Waals surface area (Å²) in [5.41, 5.74) is 2.39. The van der Waals surface area contributed by atoms with E-state index in [2.05, 4.69) is 91.3 Å². The molecule has 0 radical (unpaired) electrons. The van der Waals surface area contributed by atoms with Gasteiger partial charge in [0.2, 0.25) is 0 Å². The molecule has 47 heavy (non-hydrogen) atoms. The van der Waals surface area contributed by atoms with Crippen molar-refractivity contribution >= 4 is 35.4 Å². The average molecular weight is 648 g/mol. The smallest absolute Gasteiger partial charge is 0.261 e. The number of hydrogen-bond acceptors (Lipinski definition) is 4. The molecule has 1 aromatic heterocycles. The lowest BCUT2D eigenvalue weighted by atomic mass is 10.0. The Morgan fingerprint density at radius 3 is 2.00 bits per heavy atom. The Hall–Kier alpha value is -4.37. The molecule has 6 rings (SSSR count). The summed E-state index contributed by atoms with van der Waals surface area (Å²) in [6, 6.07) is 33.3. The number of pyridine rings is 1. The minimum absolute atomic E-state index is 0.00177. The summed E-state index contributed by atoms with van der Waals surface area (Å²) in [5, 5.41) is 3.51. The van der Waals surface area contributed by atoms with Crippen LogP contribution < -0.4 is 15.9 Å². The third-order valence-electron chi connectivity index (χ3n) is 9.38. The number of rotatable bonds is 8. The predicted molar refractivity (Wildman–Crippen MR) is 191 cm³/mol. The lowest BCUT2D eigenvalue weighted by Crippen LogP contribution is -2.67. The van der Waals surface area contributed by atoms with E-state index in [0.29, 0.717) is 47.3 Å². The summed E-state index contributed by atoms with van der Waals surface area (Å²) in [5.74, 6) is -0.432. The molecule has 5 aromatic rings. The van der Waals surface area contributed by atoms with E-state index in [1.807, 2.05) is 35.2 Å². The maximum absolute atomic E-state index is 13.9. The molecule has 0 spiro atoms. The number of aromatic nitrogens is 1. The van der Waals surface area contributed by atoms with Crippen molar-refractivity contribution in [3.8, 4) is 11.3 Å². The minimum atomic E-state index is -2.59. The van der Waals surface area contributed by atoms with Crippen LogP contribution in [0.4, 0.5) is 4.39 Å². The second-order valence-electron chi connectivity index (χ2n) is 13.4. The van der Waals surface area contributed by atoms with Gasteiger partial charge in [-0.3, -0.25) is 14.5 Å². The largest absolute Gasteiger partial charge is 0.406 e. The lowest BCUT2D eigenvalue weighted by molar-refractivity contribution is 0.0618. The van der Waals surface area contributed by atoms with Crippen molar-refractivity contribution in [1.82, 2.24) is 14.8 Å². The first-order valence-corrected chi connectivity index (χ1v) is 18.2. The van der Waals surface area contributed by atoms with Gasteiger partial charge < -0.3 is 14.3 Å². The Labute approximate surface area is 277 Å². The summed E-state index contributed by atoms with van der Waals surface area (Å²) >= 11 is 0. The first-order valence-electron chi connectivity index (χ1n) is 16.3. The molecule has 242 valence electrons. The van der Waals surface area contributed by atoms with Crippen LogP contribution >= 0.6 is 0 Å². The standard InChI is InChI=1S/C39H42FN3O3Si/c1-28-25-31(40)26-35-34(28)27-36(41-37(35)44)29-15-17-30(18-16-29)38(45)43-21-19-42(20-22-43)23-24-46-47(39(2,3)4,32-11-7-5-8-12-32)33-13-9-6-10-14-33/h5-18,25-27H,19-24H2,1-4H3,(H,41,44). The summed E-state index contributed by atoms with van der Waals surface area (Å²) in [7, 11) is -2.59. The van der Waals surface area contributed by atoms with Crippen LogP contribution in [0.1, 0.15) is 36.7 Å². The number of hydrogen-bond donors (Lipinski definition) is 1. The molecular formula is C39H42FN3O3Si. The third-order valence-corrected chi connectivity index (χ3v) is 14.4. The Kier molecular flexibility index (Phi) is 9.28. The van der Waals surface area contributed by atoms with Crippen molar-refractivity contribution in [2.75, 3.05) is 39.3 Å². The zero-order valence-corrected chi connectivity index (χ0v) is 28.6. The fourth-order valence-corrected chi connectivity index (χ4v) is 11.5. The Morgan fingerprint density at radius 1 is 0.830 bits per heavy atom. The van der Waals surface area contributed by atoms with Crippen LogP contribution in [-0.2, 0) is 4.43 Å². The molecule has 4 aromatic carbocycles. The molecule has 1 aliphatic heterocycles. The molecule has 1 fully saturated rings. The van der Waals surface area contributed by atoms with Crippen molar-refractivity contribution < 1.29 is 13.6 Å². The van der Waals surface area contributed by atoms with Crippen molar-refractivity contribution in [3.63, 3.8) is 0 Å². The highest BCUT2D eigenvalue weighted by atomic mass is 28.4. The number of nitrogens with one attached hydrogen (secondary N) is 1. The Balaban J connectivity index is 1.09. The van der Waals surface area contributed by atoms with Crippen molar-refractivity contribution in [2.24, 2.45) is 0 Å². The van der Waals surface area contributed by atoms with Gasteiger partial charge in [-0.05, 0) is 69.2 Å². The van der Waals surface area contributed by atoms with Crippen molar-refractivity contribution in [3.05, 3.63) is 130 Å². The molecule has 1 N–H and O–H groups in total. The van der Waals surface area contributed by atoms with E-state index in [4.69, 9.17) is 4.43 Å². The first-order chi connectivity index (χ1) is 22.6. The monoisotopic (exact) mass is 647 g/mol. The fraction of sp³-hybridized carbons (Fsp3) is 0.282. The highest BCUT2D eigenvalue weighted by Gasteiger charge is 2.50. The number of halogens is 1. The zero-order valence-electron chi connectivity index (χ0n) is 27.6. The fourth-order valence-electron chi connectivity index (χ4n) is 6.90. The second kappa shape index (κ2) is 13.4. The Bertz CT molecular complexity index is 1870. The molecule has 6 nitrogen and oxygen atoms in total. The summed E-state index contributed by atoms with van der Waals surface area (Å²) in [6.07, 6.45) is 0. The highest BCUT2D eigenvalue weighted by molar-refractivity contribution is 6.99. The minimum Gasteiger partial charge on any atom is -0.406 e. The van der Waals surface area contributed by atoms with E-state index in [0.717, 1.165) is 25.2 Å². The van der Waals surface area contributed by atoms with E-state index < -0.39 is 14.1 Å². The maximum atomic E-state index is 13.9. The van der Waals surface area contributed by atoms with E-state index in [-0.39, 0.29) is 16.5 Å². The van der Waals surface area contributed by atoms with Gasteiger partial charge in [0.05, 0.1) is 5.39 Å². The van der Waals surface area contributed by atoms with E-state index in [1.165, 1.54) is 22.5 Å². The summed E-state index contributed by atoms with van der Waals surface area (Å²) in [6.45, 7) is 13.0. The summed E-state index contributed by atoms with van der Waals surface area (Å²) < 4.78 is 20.9. The van der Waals surface area contributed by atoms with E-state index >= 15 is 0 Å². The van der Waals surface area contributed by atoms with Gasteiger partial charge in [-0.25, -0.2) is 4.39 Å². The van der Waals surface area contributed by atoms with E-state index in [9.17, 15) is 14.0 Å². The molecule has 8 heteroatoms. The SMILES string of the molecule is Cc1cc(F)cc2c(=O)[nH]c(-c3ccc(C(=O)N4CCN(CCO[Si](c5ccccc5)(c5ccccc5)C(C)(C)C)CC4)cc3)cc12. The number of piperazine rings is 1. The van der Waals surface area contributed by atoms with Gasteiger partial charge in [-0.2, -0.15) is 0 Å². The van der Waals surface area contributed by atoms with Crippen LogP contribution in [0.2, 0.25) is 5.04 Å². The van der Waals surface area contributed by atoms with Crippen molar-refractivity contribution in [2.45, 2.75) is 32.7 Å². The normalized spacial score (nSPS) is 14.4. The molecule has 0 saturated carbocycles. The molecule has 0 unspecified atom stereocenters. The van der Waals surface area contributed by atoms with Crippen molar-refractivity contribution in [1.29, 1.82) is 0 Å². The molecule has 0 atom stereocenters. The first kappa shape index (κ1) is 32.6. The number of aromatic amines is 1. The number of nitrogens with zero attached hydrogens (tertiary/aromatic N) is 2. The van der Waals surface area contributed by atoms with Gasteiger partial charge in [0.15, 0.2) is 0 Å². The molecule has 0 aliphatic carbocycles. The van der Waals surface area contributed by atoms with Crippen LogP contribution in [0.15, 0.2) is 108 Å².